The Bertz CT molecular complexity index is 868. The van der Waals surface area contributed by atoms with Crippen LogP contribution in [-0.4, -0.2) is 49.4 Å². The maximum atomic E-state index is 12.3. The van der Waals surface area contributed by atoms with Crippen LogP contribution in [0.2, 0.25) is 0 Å². The monoisotopic (exact) mass is 412 g/mol. The molecule has 160 valence electrons. The van der Waals surface area contributed by atoms with Crippen LogP contribution in [0.1, 0.15) is 19.4 Å². The Kier molecular flexibility index (Phi) is 8.83. The van der Waals surface area contributed by atoms with Crippen LogP contribution >= 0.6 is 0 Å². The minimum atomic E-state index is -0.221. The normalized spacial score (nSPS) is 10.4. The SMILES string of the molecule is CCN(CC(=O)NCc1ccccc1OC)CC(=O)Nc1ccc(NC(C)=O)cc1. The molecule has 0 heterocycles. The fraction of sp³-hybridized carbons (Fsp3) is 0.318. The lowest BCUT2D eigenvalue weighted by Gasteiger charge is -2.19. The Morgan fingerprint density at radius 3 is 2.10 bits per heavy atom. The molecule has 2 aromatic rings. The molecule has 0 aromatic heterocycles. The van der Waals surface area contributed by atoms with Gasteiger partial charge in [0, 0.05) is 30.4 Å². The number of likely N-dealkylation sites (N-methyl/N-ethyl adjacent to an activating group) is 1. The van der Waals surface area contributed by atoms with Crippen molar-refractivity contribution in [2.75, 3.05) is 37.4 Å². The molecule has 30 heavy (non-hydrogen) atoms. The average molecular weight is 412 g/mol. The van der Waals surface area contributed by atoms with Crippen molar-refractivity contribution in [1.29, 1.82) is 0 Å². The molecule has 0 atom stereocenters. The third-order valence-electron chi connectivity index (χ3n) is 4.34. The number of para-hydroxylation sites is 1. The molecule has 0 saturated heterocycles. The largest absolute Gasteiger partial charge is 0.496 e. The first kappa shape index (κ1) is 22.9. The van der Waals surface area contributed by atoms with Gasteiger partial charge in [0.25, 0.3) is 0 Å². The van der Waals surface area contributed by atoms with Crippen LogP contribution in [0.3, 0.4) is 0 Å². The van der Waals surface area contributed by atoms with Crippen molar-refractivity contribution in [3.63, 3.8) is 0 Å². The van der Waals surface area contributed by atoms with Gasteiger partial charge in [0.05, 0.1) is 20.2 Å². The standard InChI is InChI=1S/C22H28N4O4/c1-4-26(14-21(28)23-13-17-7-5-6-8-20(17)30-3)15-22(29)25-19-11-9-18(10-12-19)24-16(2)27/h5-12H,4,13-15H2,1-3H3,(H,23,28)(H,24,27)(H,25,29). The molecule has 0 bridgehead atoms. The zero-order chi connectivity index (χ0) is 21.9. The van der Waals surface area contributed by atoms with Gasteiger partial charge in [0.2, 0.25) is 17.7 Å². The van der Waals surface area contributed by atoms with Gasteiger partial charge < -0.3 is 20.7 Å². The first-order valence-electron chi connectivity index (χ1n) is 9.69. The first-order valence-corrected chi connectivity index (χ1v) is 9.69. The van der Waals surface area contributed by atoms with Gasteiger partial charge in [-0.25, -0.2) is 0 Å². The van der Waals surface area contributed by atoms with E-state index in [-0.39, 0.29) is 30.8 Å². The summed E-state index contributed by atoms with van der Waals surface area (Å²) in [4.78, 5) is 37.4. The lowest BCUT2D eigenvalue weighted by atomic mass is 10.2. The Balaban J connectivity index is 1.81. The predicted molar refractivity (Wildman–Crippen MR) is 116 cm³/mol. The Hall–Kier alpha value is -3.39. The van der Waals surface area contributed by atoms with E-state index in [0.717, 1.165) is 5.56 Å². The first-order chi connectivity index (χ1) is 14.4. The number of ether oxygens (including phenoxy) is 1. The lowest BCUT2D eigenvalue weighted by Crippen LogP contribution is -2.40. The van der Waals surface area contributed by atoms with Crippen molar-refractivity contribution in [2.45, 2.75) is 20.4 Å². The van der Waals surface area contributed by atoms with E-state index in [2.05, 4.69) is 16.0 Å². The number of benzene rings is 2. The number of hydrogen-bond donors (Lipinski definition) is 3. The molecule has 0 aliphatic heterocycles. The number of carbonyl (C=O) groups excluding carboxylic acids is 3. The maximum absolute atomic E-state index is 12.3. The summed E-state index contributed by atoms with van der Waals surface area (Å²) in [5, 5.41) is 8.32. The van der Waals surface area contributed by atoms with Crippen LogP contribution in [-0.2, 0) is 20.9 Å². The number of anilines is 2. The fourth-order valence-electron chi connectivity index (χ4n) is 2.83. The van der Waals surface area contributed by atoms with Gasteiger partial charge in [-0.15, -0.1) is 0 Å². The van der Waals surface area contributed by atoms with Crippen LogP contribution in [0.4, 0.5) is 11.4 Å². The Labute approximate surface area is 176 Å². The van der Waals surface area contributed by atoms with Gasteiger partial charge in [-0.2, -0.15) is 0 Å². The van der Waals surface area contributed by atoms with Gasteiger partial charge in [-0.05, 0) is 36.9 Å². The molecule has 0 saturated carbocycles. The molecule has 3 amide bonds. The molecule has 8 nitrogen and oxygen atoms in total. The second kappa shape index (κ2) is 11.6. The van der Waals surface area contributed by atoms with Crippen LogP contribution in [0, 0.1) is 0 Å². The summed E-state index contributed by atoms with van der Waals surface area (Å²) < 4.78 is 5.28. The highest BCUT2D eigenvalue weighted by Gasteiger charge is 2.14. The van der Waals surface area contributed by atoms with Crippen molar-refractivity contribution >= 4 is 29.1 Å². The van der Waals surface area contributed by atoms with E-state index < -0.39 is 0 Å². The van der Waals surface area contributed by atoms with Crippen LogP contribution < -0.4 is 20.7 Å². The molecule has 2 aromatic carbocycles. The van der Waals surface area contributed by atoms with Crippen molar-refractivity contribution < 1.29 is 19.1 Å². The molecule has 8 heteroatoms. The summed E-state index contributed by atoms with van der Waals surface area (Å²) in [5.41, 5.74) is 2.16. The molecular formula is C22H28N4O4. The number of methoxy groups -OCH3 is 1. The van der Waals surface area contributed by atoms with E-state index in [1.807, 2.05) is 31.2 Å². The highest BCUT2D eigenvalue weighted by Crippen LogP contribution is 2.16. The summed E-state index contributed by atoms with van der Waals surface area (Å²) in [6, 6.07) is 14.3. The molecule has 0 spiro atoms. The summed E-state index contributed by atoms with van der Waals surface area (Å²) in [7, 11) is 1.59. The highest BCUT2D eigenvalue weighted by atomic mass is 16.5. The number of carbonyl (C=O) groups is 3. The number of nitrogens with one attached hydrogen (secondary N) is 3. The summed E-state index contributed by atoms with van der Waals surface area (Å²) in [6.45, 7) is 4.43. The van der Waals surface area contributed by atoms with E-state index in [4.69, 9.17) is 4.74 Å². The number of rotatable bonds is 10. The quantitative estimate of drug-likeness (QED) is 0.556. The van der Waals surface area contributed by atoms with Crippen molar-refractivity contribution in [2.24, 2.45) is 0 Å². The zero-order valence-electron chi connectivity index (χ0n) is 17.5. The Morgan fingerprint density at radius 1 is 0.900 bits per heavy atom. The zero-order valence-corrected chi connectivity index (χ0v) is 17.5. The summed E-state index contributed by atoms with van der Waals surface area (Å²) in [5.74, 6) is 0.167. The molecule has 0 unspecified atom stereocenters. The smallest absolute Gasteiger partial charge is 0.238 e. The summed E-state index contributed by atoms with van der Waals surface area (Å²) in [6.07, 6.45) is 0. The number of amides is 3. The molecular weight excluding hydrogens is 384 g/mol. The molecule has 0 fully saturated rings. The minimum Gasteiger partial charge on any atom is -0.496 e. The van der Waals surface area contributed by atoms with Gasteiger partial charge >= 0.3 is 0 Å². The molecule has 3 N–H and O–H groups in total. The number of hydrogen-bond acceptors (Lipinski definition) is 5. The molecule has 0 radical (unpaired) electrons. The van der Waals surface area contributed by atoms with Gasteiger partial charge in [-0.1, -0.05) is 25.1 Å². The second-order valence-corrected chi connectivity index (χ2v) is 6.70. The highest BCUT2D eigenvalue weighted by molar-refractivity contribution is 5.93. The van der Waals surface area contributed by atoms with E-state index in [1.165, 1.54) is 6.92 Å². The van der Waals surface area contributed by atoms with Crippen molar-refractivity contribution in [1.82, 2.24) is 10.2 Å². The third-order valence-corrected chi connectivity index (χ3v) is 4.34. The minimum absolute atomic E-state index is 0.0893. The number of nitrogens with zero attached hydrogens (tertiary/aromatic N) is 1. The fourth-order valence-corrected chi connectivity index (χ4v) is 2.83. The molecule has 0 aliphatic carbocycles. The van der Waals surface area contributed by atoms with E-state index in [9.17, 15) is 14.4 Å². The lowest BCUT2D eigenvalue weighted by molar-refractivity contribution is -0.123. The molecule has 2 rings (SSSR count). The summed E-state index contributed by atoms with van der Waals surface area (Å²) >= 11 is 0. The molecule has 0 aliphatic rings. The van der Waals surface area contributed by atoms with Crippen LogP contribution in [0.5, 0.6) is 5.75 Å². The van der Waals surface area contributed by atoms with E-state index in [1.54, 1.807) is 36.3 Å². The third kappa shape index (κ3) is 7.56. The van der Waals surface area contributed by atoms with E-state index in [0.29, 0.717) is 30.2 Å². The predicted octanol–water partition coefficient (Wildman–Crippen LogP) is 2.23. The van der Waals surface area contributed by atoms with Crippen LogP contribution in [0.15, 0.2) is 48.5 Å². The van der Waals surface area contributed by atoms with E-state index >= 15 is 0 Å². The van der Waals surface area contributed by atoms with Gasteiger partial charge in [0.15, 0.2) is 0 Å². The van der Waals surface area contributed by atoms with Gasteiger partial charge in [0.1, 0.15) is 5.75 Å². The average Bonchev–Trinajstić information content (AvgIpc) is 2.73. The van der Waals surface area contributed by atoms with Crippen molar-refractivity contribution in [3.8, 4) is 5.75 Å². The van der Waals surface area contributed by atoms with Crippen LogP contribution in [0.25, 0.3) is 0 Å². The van der Waals surface area contributed by atoms with Gasteiger partial charge in [-0.3, -0.25) is 19.3 Å². The maximum Gasteiger partial charge on any atom is 0.238 e. The van der Waals surface area contributed by atoms with Crippen molar-refractivity contribution in [3.05, 3.63) is 54.1 Å². The topological polar surface area (TPSA) is 99.8 Å². The second-order valence-electron chi connectivity index (χ2n) is 6.70. The Morgan fingerprint density at radius 2 is 1.50 bits per heavy atom.